The number of amides is 1. The number of rotatable bonds is 4. The summed E-state index contributed by atoms with van der Waals surface area (Å²) >= 11 is 11.6. The Kier molecular flexibility index (Phi) is 5.65. The summed E-state index contributed by atoms with van der Waals surface area (Å²) < 4.78 is 5.04. The summed E-state index contributed by atoms with van der Waals surface area (Å²) in [4.78, 5) is 23.5. The lowest BCUT2D eigenvalue weighted by molar-refractivity contribution is -0.129. The van der Waals surface area contributed by atoms with Crippen LogP contribution in [0.3, 0.4) is 0 Å². The molecule has 0 aliphatic rings. The van der Waals surface area contributed by atoms with Crippen LogP contribution in [-0.4, -0.2) is 24.0 Å². The number of anilines is 1. The summed E-state index contributed by atoms with van der Waals surface area (Å²) in [6.45, 7) is 5.11. The van der Waals surface area contributed by atoms with Gasteiger partial charge >= 0.3 is 5.97 Å². The molecular formula is C13H16Cl2N2O3. The molecule has 0 heterocycles. The smallest absolute Gasteiger partial charge is 0.339 e. The number of carbonyl (C=O) groups is 2. The number of hydrogen-bond acceptors (Lipinski definition) is 4. The SMILES string of the molecule is CC(C)NC(=O)C(C)OC(=O)c1cc(N)c(Cl)c(Cl)c1. The second kappa shape index (κ2) is 6.81. The molecule has 0 bridgehead atoms. The average Bonchev–Trinajstić information content (AvgIpc) is 2.34. The Morgan fingerprint density at radius 1 is 1.25 bits per heavy atom. The van der Waals surface area contributed by atoms with Gasteiger partial charge in [-0.2, -0.15) is 0 Å². The number of hydrogen-bond donors (Lipinski definition) is 2. The fraction of sp³-hybridized carbons (Fsp3) is 0.385. The van der Waals surface area contributed by atoms with Gasteiger partial charge in [-0.25, -0.2) is 4.79 Å². The molecule has 0 aliphatic carbocycles. The Morgan fingerprint density at radius 2 is 1.85 bits per heavy atom. The van der Waals surface area contributed by atoms with Crippen LogP contribution in [0.2, 0.25) is 10.0 Å². The van der Waals surface area contributed by atoms with Gasteiger partial charge in [-0.15, -0.1) is 0 Å². The van der Waals surface area contributed by atoms with Gasteiger partial charge in [0.15, 0.2) is 6.10 Å². The number of ether oxygens (including phenoxy) is 1. The van der Waals surface area contributed by atoms with Crippen LogP contribution in [0.15, 0.2) is 12.1 Å². The molecule has 0 saturated carbocycles. The third-order valence-electron chi connectivity index (χ3n) is 2.38. The van der Waals surface area contributed by atoms with E-state index in [-0.39, 0.29) is 33.2 Å². The number of nitrogen functional groups attached to an aromatic ring is 1. The number of carbonyl (C=O) groups excluding carboxylic acids is 2. The summed E-state index contributed by atoms with van der Waals surface area (Å²) in [7, 11) is 0. The molecule has 1 atom stereocenters. The molecule has 3 N–H and O–H groups in total. The van der Waals surface area contributed by atoms with Crippen LogP contribution in [0, 0.1) is 0 Å². The van der Waals surface area contributed by atoms with Crippen LogP contribution >= 0.6 is 23.2 Å². The van der Waals surface area contributed by atoms with E-state index in [4.69, 9.17) is 33.7 Å². The fourth-order valence-electron chi connectivity index (χ4n) is 1.41. The minimum absolute atomic E-state index is 0.0377. The maximum absolute atomic E-state index is 11.9. The van der Waals surface area contributed by atoms with Gasteiger partial charge in [0, 0.05) is 6.04 Å². The lowest BCUT2D eigenvalue weighted by atomic mass is 10.2. The molecule has 1 unspecified atom stereocenters. The minimum Gasteiger partial charge on any atom is -0.449 e. The van der Waals surface area contributed by atoms with Crippen LogP contribution in [0.5, 0.6) is 0 Å². The molecule has 7 heteroatoms. The van der Waals surface area contributed by atoms with Crippen LogP contribution in [0.25, 0.3) is 0 Å². The van der Waals surface area contributed by atoms with Crippen molar-refractivity contribution in [3.05, 3.63) is 27.7 Å². The average molecular weight is 319 g/mol. The first-order valence-electron chi connectivity index (χ1n) is 5.98. The van der Waals surface area contributed by atoms with Crippen molar-refractivity contribution in [1.82, 2.24) is 5.32 Å². The number of nitrogens with one attached hydrogen (secondary N) is 1. The van der Waals surface area contributed by atoms with Crippen molar-refractivity contribution in [1.29, 1.82) is 0 Å². The van der Waals surface area contributed by atoms with E-state index >= 15 is 0 Å². The molecule has 1 rings (SSSR count). The summed E-state index contributed by atoms with van der Waals surface area (Å²) in [5.74, 6) is -1.07. The molecule has 1 aromatic rings. The van der Waals surface area contributed by atoms with Crippen molar-refractivity contribution in [3.63, 3.8) is 0 Å². The van der Waals surface area contributed by atoms with E-state index in [1.165, 1.54) is 19.1 Å². The Hall–Kier alpha value is -1.46. The maximum atomic E-state index is 11.9. The second-order valence-corrected chi connectivity index (χ2v) is 5.36. The van der Waals surface area contributed by atoms with Crippen molar-refractivity contribution in [3.8, 4) is 0 Å². The molecule has 1 amide bonds. The highest BCUT2D eigenvalue weighted by Crippen LogP contribution is 2.29. The van der Waals surface area contributed by atoms with Crippen LogP contribution in [-0.2, 0) is 9.53 Å². The van der Waals surface area contributed by atoms with E-state index in [2.05, 4.69) is 5.32 Å². The Labute approximate surface area is 127 Å². The standard InChI is InChI=1S/C13H16Cl2N2O3/c1-6(2)17-12(18)7(3)20-13(19)8-4-9(14)11(15)10(16)5-8/h4-7H,16H2,1-3H3,(H,17,18). The zero-order valence-electron chi connectivity index (χ0n) is 11.4. The number of benzene rings is 1. The topological polar surface area (TPSA) is 81.4 Å². The fourth-order valence-corrected chi connectivity index (χ4v) is 1.75. The Balaban J connectivity index is 2.79. The molecule has 0 aliphatic heterocycles. The molecule has 1 aromatic carbocycles. The summed E-state index contributed by atoms with van der Waals surface area (Å²) in [5, 5.41) is 2.97. The zero-order valence-corrected chi connectivity index (χ0v) is 12.9. The van der Waals surface area contributed by atoms with Crippen molar-refractivity contribution < 1.29 is 14.3 Å². The van der Waals surface area contributed by atoms with Crippen LogP contribution in [0.4, 0.5) is 5.69 Å². The molecular weight excluding hydrogens is 303 g/mol. The van der Waals surface area contributed by atoms with Crippen molar-refractivity contribution in [2.75, 3.05) is 5.73 Å². The summed E-state index contributed by atoms with van der Waals surface area (Å²) in [5.41, 5.74) is 5.92. The minimum atomic E-state index is -0.916. The highest BCUT2D eigenvalue weighted by molar-refractivity contribution is 6.43. The highest BCUT2D eigenvalue weighted by atomic mass is 35.5. The van der Waals surface area contributed by atoms with Gasteiger partial charge in [-0.1, -0.05) is 23.2 Å². The first kappa shape index (κ1) is 16.6. The van der Waals surface area contributed by atoms with Gasteiger partial charge in [-0.05, 0) is 32.9 Å². The molecule has 0 radical (unpaired) electrons. The molecule has 20 heavy (non-hydrogen) atoms. The van der Waals surface area contributed by atoms with Gasteiger partial charge in [0.2, 0.25) is 0 Å². The van der Waals surface area contributed by atoms with E-state index in [1.807, 2.05) is 13.8 Å². The van der Waals surface area contributed by atoms with Gasteiger partial charge in [0.05, 0.1) is 21.3 Å². The van der Waals surface area contributed by atoms with E-state index in [0.29, 0.717) is 0 Å². The number of esters is 1. The van der Waals surface area contributed by atoms with Crippen molar-refractivity contribution in [2.24, 2.45) is 0 Å². The summed E-state index contributed by atoms with van der Waals surface area (Å²) in [6.07, 6.45) is -0.916. The predicted octanol–water partition coefficient (Wildman–Crippen LogP) is 2.65. The van der Waals surface area contributed by atoms with Crippen molar-refractivity contribution >= 4 is 40.8 Å². The third-order valence-corrected chi connectivity index (χ3v) is 3.19. The van der Waals surface area contributed by atoms with Gasteiger partial charge in [0.1, 0.15) is 0 Å². The number of nitrogens with two attached hydrogens (primary N) is 1. The molecule has 0 saturated heterocycles. The van der Waals surface area contributed by atoms with Gasteiger partial charge < -0.3 is 15.8 Å². The molecule has 5 nitrogen and oxygen atoms in total. The van der Waals surface area contributed by atoms with Crippen LogP contribution in [0.1, 0.15) is 31.1 Å². The molecule has 110 valence electrons. The monoisotopic (exact) mass is 318 g/mol. The third kappa shape index (κ3) is 4.28. The van der Waals surface area contributed by atoms with E-state index in [9.17, 15) is 9.59 Å². The molecule has 0 fully saturated rings. The first-order valence-corrected chi connectivity index (χ1v) is 6.73. The largest absolute Gasteiger partial charge is 0.449 e. The lowest BCUT2D eigenvalue weighted by Crippen LogP contribution is -2.39. The van der Waals surface area contributed by atoms with Gasteiger partial charge in [0.25, 0.3) is 5.91 Å². The Morgan fingerprint density at radius 3 is 2.35 bits per heavy atom. The quantitative estimate of drug-likeness (QED) is 0.660. The summed E-state index contributed by atoms with van der Waals surface area (Å²) in [6, 6.07) is 2.66. The molecule has 0 spiro atoms. The lowest BCUT2D eigenvalue weighted by Gasteiger charge is -2.15. The van der Waals surface area contributed by atoms with E-state index < -0.39 is 12.1 Å². The Bertz CT molecular complexity index is 509. The van der Waals surface area contributed by atoms with Crippen molar-refractivity contribution in [2.45, 2.75) is 32.9 Å². The maximum Gasteiger partial charge on any atom is 0.339 e. The van der Waals surface area contributed by atoms with Crippen LogP contribution < -0.4 is 11.1 Å². The van der Waals surface area contributed by atoms with E-state index in [0.717, 1.165) is 0 Å². The van der Waals surface area contributed by atoms with Gasteiger partial charge in [-0.3, -0.25) is 4.79 Å². The highest BCUT2D eigenvalue weighted by Gasteiger charge is 2.20. The predicted molar refractivity (Wildman–Crippen MR) is 79.0 cm³/mol. The molecule has 0 aromatic heterocycles. The second-order valence-electron chi connectivity index (χ2n) is 4.57. The zero-order chi connectivity index (χ0) is 15.4. The number of halogens is 2. The first-order chi connectivity index (χ1) is 9.22. The van der Waals surface area contributed by atoms with E-state index in [1.54, 1.807) is 0 Å². The normalized spacial score (nSPS) is 12.1.